The van der Waals surface area contributed by atoms with Gasteiger partial charge in [0.2, 0.25) is 6.08 Å². The van der Waals surface area contributed by atoms with Crippen LogP contribution in [0.5, 0.6) is 0 Å². The largest absolute Gasteiger partial charge is 0.466 e. The molecule has 0 bridgehead atoms. The van der Waals surface area contributed by atoms with E-state index in [4.69, 9.17) is 0 Å². The number of hydrogen-bond donors (Lipinski definition) is 0. The maximum atomic E-state index is 10.5. The highest BCUT2D eigenvalue weighted by atomic mass is 16.5. The van der Waals surface area contributed by atoms with E-state index in [0.29, 0.717) is 0 Å². The topological polar surface area (TPSA) is 72.8 Å². The number of esters is 1. The SMILES string of the molecule is CCOC(=O)CC(=O)N=C=O. The van der Waals surface area contributed by atoms with Gasteiger partial charge in [-0.2, -0.15) is 0 Å². The van der Waals surface area contributed by atoms with Crippen molar-refractivity contribution in [3.63, 3.8) is 0 Å². The monoisotopic (exact) mass is 157 g/mol. The Labute approximate surface area is 63.1 Å². The predicted molar refractivity (Wildman–Crippen MR) is 34.4 cm³/mol. The fraction of sp³-hybridized carbons (Fsp3) is 0.500. The average Bonchev–Trinajstić information content (AvgIpc) is 1.87. The number of ether oxygens (including phenoxy) is 1. The van der Waals surface area contributed by atoms with Crippen LogP contribution in [0.1, 0.15) is 13.3 Å². The summed E-state index contributed by atoms with van der Waals surface area (Å²) in [6, 6.07) is 0. The average molecular weight is 157 g/mol. The smallest absolute Gasteiger partial charge is 0.315 e. The lowest BCUT2D eigenvalue weighted by molar-refractivity contribution is -0.145. The lowest BCUT2D eigenvalue weighted by atomic mass is 10.4. The van der Waals surface area contributed by atoms with Crippen molar-refractivity contribution in [2.75, 3.05) is 6.61 Å². The Morgan fingerprint density at radius 3 is 2.64 bits per heavy atom. The van der Waals surface area contributed by atoms with Crippen LogP contribution in [-0.4, -0.2) is 24.6 Å². The zero-order chi connectivity index (χ0) is 8.69. The molecule has 0 fully saturated rings. The van der Waals surface area contributed by atoms with Gasteiger partial charge in [0.05, 0.1) is 6.61 Å². The maximum Gasteiger partial charge on any atom is 0.315 e. The standard InChI is InChI=1S/C6H7NO4/c1-2-11-6(10)3-5(9)7-4-8/h2-3H2,1H3. The van der Waals surface area contributed by atoms with Gasteiger partial charge >= 0.3 is 5.97 Å². The molecule has 0 saturated carbocycles. The van der Waals surface area contributed by atoms with Gasteiger partial charge in [-0.25, -0.2) is 4.79 Å². The number of hydrogen-bond acceptors (Lipinski definition) is 4. The van der Waals surface area contributed by atoms with Crippen molar-refractivity contribution in [1.82, 2.24) is 0 Å². The van der Waals surface area contributed by atoms with E-state index in [-0.39, 0.29) is 6.61 Å². The van der Waals surface area contributed by atoms with E-state index >= 15 is 0 Å². The van der Waals surface area contributed by atoms with Crippen LogP contribution in [0.25, 0.3) is 0 Å². The van der Waals surface area contributed by atoms with Crippen LogP contribution in [0, 0.1) is 0 Å². The normalized spacial score (nSPS) is 8.09. The lowest BCUT2D eigenvalue weighted by Gasteiger charge is -1.95. The number of nitrogens with zero attached hydrogens (tertiary/aromatic N) is 1. The molecule has 0 aliphatic carbocycles. The van der Waals surface area contributed by atoms with E-state index < -0.39 is 18.3 Å². The number of isocyanates is 1. The highest BCUT2D eigenvalue weighted by Crippen LogP contribution is 1.88. The van der Waals surface area contributed by atoms with Gasteiger partial charge in [-0.1, -0.05) is 0 Å². The molecule has 0 spiro atoms. The molecule has 0 rings (SSSR count). The summed E-state index contributed by atoms with van der Waals surface area (Å²) in [5, 5.41) is 0. The number of carbonyl (C=O) groups is 2. The van der Waals surface area contributed by atoms with Crippen molar-refractivity contribution in [2.45, 2.75) is 13.3 Å². The molecule has 5 heteroatoms. The molecule has 0 radical (unpaired) electrons. The molecular formula is C6H7NO4. The Bertz CT molecular complexity index is 205. The molecule has 0 saturated heterocycles. The van der Waals surface area contributed by atoms with Gasteiger partial charge in [-0.05, 0) is 6.92 Å². The first-order valence-electron chi connectivity index (χ1n) is 2.97. The second-order valence-corrected chi connectivity index (χ2v) is 1.58. The first-order valence-corrected chi connectivity index (χ1v) is 2.97. The van der Waals surface area contributed by atoms with Gasteiger partial charge in [0.15, 0.2) is 0 Å². The molecule has 0 unspecified atom stereocenters. The summed E-state index contributed by atoms with van der Waals surface area (Å²) in [6.45, 7) is 1.82. The summed E-state index contributed by atoms with van der Waals surface area (Å²) < 4.78 is 4.41. The minimum absolute atomic E-state index is 0.205. The van der Waals surface area contributed by atoms with Crippen LogP contribution in [0.2, 0.25) is 0 Å². The van der Waals surface area contributed by atoms with Crippen LogP contribution < -0.4 is 0 Å². The number of amides is 1. The highest BCUT2D eigenvalue weighted by Gasteiger charge is 2.07. The van der Waals surface area contributed by atoms with Crippen LogP contribution >= 0.6 is 0 Å². The Morgan fingerprint density at radius 2 is 2.18 bits per heavy atom. The molecule has 1 amide bonds. The summed E-state index contributed by atoms with van der Waals surface area (Å²) in [6.07, 6.45) is 0.536. The summed E-state index contributed by atoms with van der Waals surface area (Å²) in [7, 11) is 0. The quantitative estimate of drug-likeness (QED) is 0.246. The van der Waals surface area contributed by atoms with E-state index in [1.165, 1.54) is 0 Å². The maximum absolute atomic E-state index is 10.5. The van der Waals surface area contributed by atoms with Crippen molar-refractivity contribution in [3.8, 4) is 0 Å². The third-order valence-electron chi connectivity index (χ3n) is 0.771. The first kappa shape index (κ1) is 9.52. The molecule has 0 heterocycles. The molecule has 0 aromatic rings. The highest BCUT2D eigenvalue weighted by molar-refractivity contribution is 5.96. The molecule has 11 heavy (non-hydrogen) atoms. The van der Waals surface area contributed by atoms with Crippen LogP contribution in [-0.2, 0) is 19.1 Å². The van der Waals surface area contributed by atoms with Crippen LogP contribution in [0.4, 0.5) is 0 Å². The van der Waals surface area contributed by atoms with E-state index in [1.807, 2.05) is 0 Å². The lowest BCUT2D eigenvalue weighted by Crippen LogP contribution is -2.08. The molecule has 0 aromatic heterocycles. The number of carbonyl (C=O) groups excluding carboxylic acids is 3. The fourth-order valence-corrected chi connectivity index (χ4v) is 0.426. The third kappa shape index (κ3) is 4.99. The van der Waals surface area contributed by atoms with Crippen molar-refractivity contribution >= 4 is 18.0 Å². The summed E-state index contributed by atoms with van der Waals surface area (Å²) in [5.74, 6) is -1.52. The molecule has 0 N–H and O–H groups in total. The molecule has 0 aromatic carbocycles. The minimum atomic E-state index is -0.835. The first-order chi connectivity index (χ1) is 5.20. The van der Waals surface area contributed by atoms with Crippen molar-refractivity contribution in [3.05, 3.63) is 0 Å². The summed E-state index contributed by atoms with van der Waals surface area (Å²) in [4.78, 5) is 33.1. The van der Waals surface area contributed by atoms with Crippen LogP contribution in [0.15, 0.2) is 4.99 Å². The van der Waals surface area contributed by atoms with Crippen molar-refractivity contribution < 1.29 is 19.1 Å². The van der Waals surface area contributed by atoms with Gasteiger partial charge in [0, 0.05) is 0 Å². The second kappa shape index (κ2) is 5.32. The zero-order valence-corrected chi connectivity index (χ0v) is 5.99. The van der Waals surface area contributed by atoms with E-state index in [0.717, 1.165) is 6.08 Å². The minimum Gasteiger partial charge on any atom is -0.466 e. The van der Waals surface area contributed by atoms with E-state index in [1.54, 1.807) is 6.92 Å². The predicted octanol–water partition coefficient (Wildman–Crippen LogP) is -0.198. The molecular weight excluding hydrogens is 150 g/mol. The molecule has 0 aliphatic heterocycles. The van der Waals surface area contributed by atoms with E-state index in [9.17, 15) is 14.4 Å². The Balaban J connectivity index is 3.75. The Hall–Kier alpha value is -1.48. The van der Waals surface area contributed by atoms with Crippen molar-refractivity contribution in [1.29, 1.82) is 0 Å². The summed E-state index contributed by atoms with van der Waals surface area (Å²) >= 11 is 0. The van der Waals surface area contributed by atoms with Crippen LogP contribution in [0.3, 0.4) is 0 Å². The van der Waals surface area contributed by atoms with Gasteiger partial charge in [-0.3, -0.25) is 9.59 Å². The molecule has 0 atom stereocenters. The number of aliphatic imine (C=N–C) groups is 1. The Kier molecular flexibility index (Phi) is 4.60. The van der Waals surface area contributed by atoms with Crippen molar-refractivity contribution in [2.24, 2.45) is 4.99 Å². The zero-order valence-electron chi connectivity index (χ0n) is 5.99. The third-order valence-corrected chi connectivity index (χ3v) is 0.771. The second-order valence-electron chi connectivity index (χ2n) is 1.58. The van der Waals surface area contributed by atoms with E-state index in [2.05, 4.69) is 9.73 Å². The molecule has 5 nitrogen and oxygen atoms in total. The van der Waals surface area contributed by atoms with Gasteiger partial charge in [-0.15, -0.1) is 4.99 Å². The fourth-order valence-electron chi connectivity index (χ4n) is 0.426. The summed E-state index contributed by atoms with van der Waals surface area (Å²) in [5.41, 5.74) is 0. The Morgan fingerprint density at radius 1 is 1.55 bits per heavy atom. The van der Waals surface area contributed by atoms with Gasteiger partial charge in [0.25, 0.3) is 5.91 Å². The van der Waals surface area contributed by atoms with Gasteiger partial charge in [0.1, 0.15) is 6.42 Å². The number of rotatable bonds is 3. The molecule has 60 valence electrons. The molecule has 0 aliphatic rings. The van der Waals surface area contributed by atoms with Gasteiger partial charge < -0.3 is 4.74 Å².